The van der Waals surface area contributed by atoms with Gasteiger partial charge in [-0.15, -0.1) is 5.10 Å². The van der Waals surface area contributed by atoms with Crippen molar-refractivity contribution in [3.8, 4) is 23.3 Å². The van der Waals surface area contributed by atoms with Gasteiger partial charge in [-0.2, -0.15) is 18.4 Å². The van der Waals surface area contributed by atoms with Crippen LogP contribution < -0.4 is 4.74 Å². The minimum absolute atomic E-state index is 0.273. The van der Waals surface area contributed by atoms with E-state index in [0.717, 1.165) is 12.8 Å². The second-order valence-electron chi connectivity index (χ2n) is 7.80. The van der Waals surface area contributed by atoms with E-state index < -0.39 is 17.6 Å². The first kappa shape index (κ1) is 18.8. The van der Waals surface area contributed by atoms with Crippen molar-refractivity contribution < 1.29 is 23.0 Å². The van der Waals surface area contributed by atoms with Gasteiger partial charge in [-0.3, -0.25) is 4.68 Å². The van der Waals surface area contributed by atoms with Crippen LogP contribution in [0.4, 0.5) is 13.2 Å². The third-order valence-corrected chi connectivity index (χ3v) is 5.60. The van der Waals surface area contributed by atoms with Crippen LogP contribution in [0.15, 0.2) is 12.3 Å². The Kier molecular flexibility index (Phi) is 4.01. The van der Waals surface area contributed by atoms with Crippen molar-refractivity contribution in [1.29, 1.82) is 5.26 Å². The minimum atomic E-state index is -4.85. The lowest BCUT2D eigenvalue weighted by Gasteiger charge is -2.31. The fourth-order valence-electron chi connectivity index (χ4n) is 3.54. The van der Waals surface area contributed by atoms with Crippen LogP contribution in [0.25, 0.3) is 11.4 Å². The van der Waals surface area contributed by atoms with E-state index in [0.29, 0.717) is 43.8 Å². The summed E-state index contributed by atoms with van der Waals surface area (Å²) in [5, 5.41) is 23.6. The van der Waals surface area contributed by atoms with E-state index in [-0.39, 0.29) is 11.5 Å². The molecule has 0 amide bonds. The van der Waals surface area contributed by atoms with Gasteiger partial charge in [0, 0.05) is 12.5 Å². The lowest BCUT2D eigenvalue weighted by Crippen LogP contribution is -2.42. The van der Waals surface area contributed by atoms with Crippen molar-refractivity contribution in [3.05, 3.63) is 18.1 Å². The molecule has 28 heavy (non-hydrogen) atoms. The number of fused-ring (bicyclic) bond motifs is 3. The maximum atomic E-state index is 13.3. The van der Waals surface area contributed by atoms with Gasteiger partial charge in [0.05, 0.1) is 48.3 Å². The summed E-state index contributed by atoms with van der Waals surface area (Å²) in [5.74, 6) is -0.0863. The van der Waals surface area contributed by atoms with Gasteiger partial charge >= 0.3 is 6.18 Å². The number of aliphatic hydroxyl groups is 1. The molecule has 1 aliphatic carbocycles. The van der Waals surface area contributed by atoms with Crippen LogP contribution in [0.3, 0.4) is 0 Å². The van der Waals surface area contributed by atoms with Crippen LogP contribution >= 0.6 is 0 Å². The van der Waals surface area contributed by atoms with Crippen LogP contribution in [-0.2, 0) is 12.1 Å². The number of halogens is 3. The molecule has 2 aromatic heterocycles. The van der Waals surface area contributed by atoms with Gasteiger partial charge in [0.15, 0.2) is 5.82 Å². The molecule has 0 radical (unpaired) electrons. The molecule has 0 spiro atoms. The normalized spacial score (nSPS) is 22.0. The number of nitriles is 1. The van der Waals surface area contributed by atoms with Crippen molar-refractivity contribution in [2.24, 2.45) is 5.41 Å². The van der Waals surface area contributed by atoms with Gasteiger partial charge in [-0.1, -0.05) is 0 Å². The Morgan fingerprint density at radius 2 is 2.11 bits per heavy atom. The summed E-state index contributed by atoms with van der Waals surface area (Å²) < 4.78 is 48.6. The molecule has 2 atom stereocenters. The highest BCUT2D eigenvalue weighted by Gasteiger charge is 2.55. The molecule has 10 heteroatoms. The lowest BCUT2D eigenvalue weighted by atomic mass is 10.0. The van der Waals surface area contributed by atoms with Crippen molar-refractivity contribution in [1.82, 2.24) is 19.3 Å². The number of hydrogen-bond acceptors (Lipinski definition) is 5. The van der Waals surface area contributed by atoms with Crippen LogP contribution in [0.2, 0.25) is 0 Å². The van der Waals surface area contributed by atoms with E-state index in [1.54, 1.807) is 17.7 Å². The Morgan fingerprint density at radius 1 is 1.39 bits per heavy atom. The number of aromatic nitrogens is 4. The molecule has 0 bridgehead atoms. The summed E-state index contributed by atoms with van der Waals surface area (Å²) >= 11 is 0. The monoisotopic (exact) mass is 395 g/mol. The number of alkyl halides is 3. The molecule has 0 aromatic carbocycles. The van der Waals surface area contributed by atoms with Gasteiger partial charge in [0.25, 0.3) is 0 Å². The molecule has 3 heterocycles. The first-order chi connectivity index (χ1) is 13.1. The van der Waals surface area contributed by atoms with Crippen molar-refractivity contribution in [3.63, 3.8) is 0 Å². The molecule has 2 aromatic rings. The molecule has 0 saturated heterocycles. The Morgan fingerprint density at radius 3 is 2.71 bits per heavy atom. The van der Waals surface area contributed by atoms with Gasteiger partial charge in [0.1, 0.15) is 0 Å². The highest BCUT2D eigenvalue weighted by atomic mass is 19.4. The Hall–Kier alpha value is -2.54. The summed E-state index contributed by atoms with van der Waals surface area (Å²) in [6, 6.07) is 3.57. The quantitative estimate of drug-likeness (QED) is 0.840. The minimum Gasteiger partial charge on any atom is -0.477 e. The van der Waals surface area contributed by atoms with Crippen molar-refractivity contribution in [2.75, 3.05) is 6.61 Å². The lowest BCUT2D eigenvalue weighted by molar-refractivity contribution is -0.262. The van der Waals surface area contributed by atoms with Crippen LogP contribution in [0.1, 0.15) is 45.0 Å². The number of rotatable bonds is 5. The Bertz CT molecular complexity index is 950. The molecular formula is C18H20F3N5O2. The number of hydrogen-bond donors (Lipinski definition) is 1. The fourth-order valence-corrected chi connectivity index (χ4v) is 3.54. The number of ether oxygens (including phenoxy) is 1. The van der Waals surface area contributed by atoms with Crippen LogP contribution in [0.5, 0.6) is 5.88 Å². The summed E-state index contributed by atoms with van der Waals surface area (Å²) in [6.07, 6.45) is -1.15. The van der Waals surface area contributed by atoms with E-state index in [1.807, 2.05) is 0 Å². The third kappa shape index (κ3) is 2.85. The average molecular weight is 395 g/mol. The molecule has 7 nitrogen and oxygen atoms in total. The molecule has 1 unspecified atom stereocenters. The summed E-state index contributed by atoms with van der Waals surface area (Å²) in [4.78, 5) is 3.88. The molecule has 150 valence electrons. The van der Waals surface area contributed by atoms with Crippen molar-refractivity contribution >= 4 is 0 Å². The number of imidazole rings is 1. The maximum absolute atomic E-state index is 13.3. The SMILES string of the molecule is C[C@H]1Cn2nc(OCCC3(C#N)CC3)cc2-c2cnc(C(C)(O)C(F)(F)F)n21. The second-order valence-corrected chi connectivity index (χ2v) is 7.80. The van der Waals surface area contributed by atoms with E-state index in [4.69, 9.17) is 10.00 Å². The summed E-state index contributed by atoms with van der Waals surface area (Å²) in [5.41, 5.74) is -2.32. The average Bonchev–Trinajstić information content (AvgIpc) is 3.05. The second kappa shape index (κ2) is 5.98. The Balaban J connectivity index is 1.61. The first-order valence-corrected chi connectivity index (χ1v) is 9.07. The van der Waals surface area contributed by atoms with Gasteiger partial charge < -0.3 is 14.4 Å². The fraction of sp³-hybridized carbons (Fsp3) is 0.611. The molecule has 1 saturated carbocycles. The predicted octanol–water partition coefficient (Wildman–Crippen LogP) is 3.16. The van der Waals surface area contributed by atoms with Gasteiger partial charge in [0.2, 0.25) is 11.5 Å². The van der Waals surface area contributed by atoms with E-state index >= 15 is 0 Å². The summed E-state index contributed by atoms with van der Waals surface area (Å²) in [7, 11) is 0. The maximum Gasteiger partial charge on any atom is 0.424 e. The summed E-state index contributed by atoms with van der Waals surface area (Å²) in [6.45, 7) is 3.13. The van der Waals surface area contributed by atoms with E-state index in [2.05, 4.69) is 16.2 Å². The topological polar surface area (TPSA) is 88.9 Å². The zero-order valence-corrected chi connectivity index (χ0v) is 15.5. The van der Waals surface area contributed by atoms with Crippen LogP contribution in [-0.4, -0.2) is 37.2 Å². The largest absolute Gasteiger partial charge is 0.477 e. The first-order valence-electron chi connectivity index (χ1n) is 9.07. The van der Waals surface area contributed by atoms with Gasteiger partial charge in [-0.05, 0) is 26.7 Å². The van der Waals surface area contributed by atoms with Gasteiger partial charge in [-0.25, -0.2) is 4.98 Å². The zero-order chi connectivity index (χ0) is 20.3. The predicted molar refractivity (Wildman–Crippen MR) is 91.2 cm³/mol. The molecule has 1 N–H and O–H groups in total. The van der Waals surface area contributed by atoms with Crippen molar-refractivity contribution in [2.45, 2.75) is 57.5 Å². The van der Waals surface area contributed by atoms with Crippen LogP contribution in [0, 0.1) is 16.7 Å². The third-order valence-electron chi connectivity index (χ3n) is 5.60. The standard InChI is InChI=1S/C18H20F3N5O2/c1-11-9-25-12(7-14(24-25)28-6-5-17(10-22)3-4-17)13-8-23-15(26(11)13)16(2,27)18(19,20)21/h7-8,11,27H,3-6,9H2,1-2H3/t11-,16?/m0/s1. The van der Waals surface area contributed by atoms with E-state index in [9.17, 15) is 18.3 Å². The zero-order valence-electron chi connectivity index (χ0n) is 15.5. The molecular weight excluding hydrogens is 375 g/mol. The van der Waals surface area contributed by atoms with E-state index in [1.165, 1.54) is 10.8 Å². The smallest absolute Gasteiger partial charge is 0.424 e. The Labute approximate surface area is 159 Å². The molecule has 2 aliphatic rings. The number of nitrogens with zero attached hydrogens (tertiary/aromatic N) is 5. The highest BCUT2D eigenvalue weighted by Crippen LogP contribution is 2.48. The molecule has 1 aliphatic heterocycles. The highest BCUT2D eigenvalue weighted by molar-refractivity contribution is 5.58. The molecule has 4 rings (SSSR count). The molecule has 1 fully saturated rings.